The van der Waals surface area contributed by atoms with Crippen molar-refractivity contribution in [3.8, 4) is 0 Å². The molecule has 6 nitrogen and oxygen atoms in total. The summed E-state index contributed by atoms with van der Waals surface area (Å²) in [5.41, 5.74) is -1.34. The fourth-order valence-electron chi connectivity index (χ4n) is 1.31. The summed E-state index contributed by atoms with van der Waals surface area (Å²) < 4.78 is 0. The lowest BCUT2D eigenvalue weighted by molar-refractivity contribution is -0.384. The molecule has 2 N–H and O–H groups in total. The first-order valence-electron chi connectivity index (χ1n) is 5.70. The van der Waals surface area contributed by atoms with Crippen molar-refractivity contribution in [2.24, 2.45) is 0 Å². The third-order valence-electron chi connectivity index (χ3n) is 2.95. The van der Waals surface area contributed by atoms with Crippen LogP contribution < -0.4 is 5.32 Å². The number of aliphatic hydroxyl groups is 1. The highest BCUT2D eigenvalue weighted by atomic mass is 35.5. The summed E-state index contributed by atoms with van der Waals surface area (Å²) >= 11 is 11.5. The first-order valence-corrected chi connectivity index (χ1v) is 6.46. The first-order chi connectivity index (χ1) is 9.06. The van der Waals surface area contributed by atoms with Gasteiger partial charge < -0.3 is 10.4 Å². The Kier molecular flexibility index (Phi) is 4.96. The van der Waals surface area contributed by atoms with E-state index in [0.717, 1.165) is 6.07 Å². The fraction of sp³-hybridized carbons (Fsp3) is 0.417. The maximum atomic E-state index is 12.1. The Labute approximate surface area is 125 Å². The van der Waals surface area contributed by atoms with Crippen LogP contribution in [0.15, 0.2) is 12.1 Å². The number of nitro benzene ring substituents is 1. The summed E-state index contributed by atoms with van der Waals surface area (Å²) in [6.45, 7) is 4.78. The SMILES string of the molecule is CC(O)C(C)(C)NC(=O)c1cc(Cl)c(Cl)c([N+](=O)[O-])c1. The van der Waals surface area contributed by atoms with E-state index in [4.69, 9.17) is 23.2 Å². The predicted octanol–water partition coefficient (Wildman–Crippen LogP) is 2.79. The molecule has 0 aliphatic carbocycles. The monoisotopic (exact) mass is 320 g/mol. The van der Waals surface area contributed by atoms with E-state index in [2.05, 4.69) is 5.32 Å². The molecule has 110 valence electrons. The van der Waals surface area contributed by atoms with E-state index >= 15 is 0 Å². The summed E-state index contributed by atoms with van der Waals surface area (Å²) in [5.74, 6) is -0.586. The third kappa shape index (κ3) is 3.59. The van der Waals surface area contributed by atoms with Crippen molar-refractivity contribution >= 4 is 34.8 Å². The summed E-state index contributed by atoms with van der Waals surface area (Å²) in [4.78, 5) is 22.2. The van der Waals surface area contributed by atoms with E-state index in [0.29, 0.717) is 0 Å². The Morgan fingerprint density at radius 1 is 1.45 bits per heavy atom. The van der Waals surface area contributed by atoms with Crippen LogP contribution in [0.2, 0.25) is 10.0 Å². The molecule has 0 aliphatic rings. The molecule has 0 spiro atoms. The van der Waals surface area contributed by atoms with Crippen LogP contribution in [0.3, 0.4) is 0 Å². The summed E-state index contributed by atoms with van der Waals surface area (Å²) in [6.07, 6.45) is -0.802. The van der Waals surface area contributed by atoms with Crippen LogP contribution in [0.25, 0.3) is 0 Å². The van der Waals surface area contributed by atoms with Gasteiger partial charge in [0, 0.05) is 11.6 Å². The van der Waals surface area contributed by atoms with Gasteiger partial charge in [0.15, 0.2) is 0 Å². The van der Waals surface area contributed by atoms with E-state index in [9.17, 15) is 20.0 Å². The van der Waals surface area contributed by atoms with Crippen LogP contribution in [-0.2, 0) is 0 Å². The lowest BCUT2D eigenvalue weighted by Gasteiger charge is -2.29. The van der Waals surface area contributed by atoms with Gasteiger partial charge in [0.25, 0.3) is 11.6 Å². The molecule has 20 heavy (non-hydrogen) atoms. The average molecular weight is 321 g/mol. The van der Waals surface area contributed by atoms with Crippen molar-refractivity contribution < 1.29 is 14.8 Å². The van der Waals surface area contributed by atoms with Crippen LogP contribution in [0.1, 0.15) is 31.1 Å². The number of nitro groups is 1. The lowest BCUT2D eigenvalue weighted by Crippen LogP contribution is -2.50. The number of hydrogen-bond acceptors (Lipinski definition) is 4. The molecule has 0 aliphatic heterocycles. The van der Waals surface area contributed by atoms with Gasteiger partial charge in [-0.1, -0.05) is 23.2 Å². The largest absolute Gasteiger partial charge is 0.391 e. The Morgan fingerprint density at radius 2 is 2.00 bits per heavy atom. The van der Waals surface area contributed by atoms with Gasteiger partial charge in [-0.05, 0) is 26.8 Å². The molecule has 0 aromatic heterocycles. The summed E-state index contributed by atoms with van der Waals surface area (Å²) in [6, 6.07) is 2.28. The van der Waals surface area contributed by atoms with E-state index in [1.165, 1.54) is 13.0 Å². The van der Waals surface area contributed by atoms with Crippen LogP contribution >= 0.6 is 23.2 Å². The average Bonchev–Trinajstić information content (AvgIpc) is 2.31. The number of carbonyl (C=O) groups is 1. The molecule has 1 amide bonds. The van der Waals surface area contributed by atoms with E-state index in [1.807, 2.05) is 0 Å². The maximum Gasteiger partial charge on any atom is 0.290 e. The predicted molar refractivity (Wildman–Crippen MR) is 76.3 cm³/mol. The molecule has 1 rings (SSSR count). The zero-order chi connectivity index (χ0) is 15.7. The number of nitrogens with one attached hydrogen (secondary N) is 1. The van der Waals surface area contributed by atoms with Crippen molar-refractivity contribution in [3.63, 3.8) is 0 Å². The summed E-state index contributed by atoms with van der Waals surface area (Å²) in [5, 5.41) is 22.6. The number of benzene rings is 1. The van der Waals surface area contributed by atoms with Crippen LogP contribution in [0.4, 0.5) is 5.69 Å². The number of nitrogens with zero attached hydrogens (tertiary/aromatic N) is 1. The van der Waals surface area contributed by atoms with Gasteiger partial charge in [-0.3, -0.25) is 14.9 Å². The molecule has 8 heteroatoms. The molecule has 0 radical (unpaired) electrons. The van der Waals surface area contributed by atoms with Crippen molar-refractivity contribution in [2.75, 3.05) is 0 Å². The third-order valence-corrected chi connectivity index (χ3v) is 3.74. The molecular formula is C12H14Cl2N2O4. The maximum absolute atomic E-state index is 12.1. The molecule has 1 atom stereocenters. The van der Waals surface area contributed by atoms with E-state index in [-0.39, 0.29) is 15.6 Å². The number of halogens is 2. The first kappa shape index (κ1) is 16.7. The highest BCUT2D eigenvalue weighted by Gasteiger charge is 2.28. The Bertz CT molecular complexity index is 559. The zero-order valence-electron chi connectivity index (χ0n) is 11.1. The van der Waals surface area contributed by atoms with Gasteiger partial charge in [-0.15, -0.1) is 0 Å². The van der Waals surface area contributed by atoms with Crippen molar-refractivity contribution in [1.29, 1.82) is 0 Å². The number of carbonyl (C=O) groups excluding carboxylic acids is 1. The van der Waals surface area contributed by atoms with Crippen LogP contribution in [0, 0.1) is 10.1 Å². The molecule has 0 saturated carbocycles. The van der Waals surface area contributed by atoms with Gasteiger partial charge in [-0.2, -0.15) is 0 Å². The molecule has 0 fully saturated rings. The smallest absolute Gasteiger partial charge is 0.290 e. The minimum Gasteiger partial charge on any atom is -0.391 e. The summed E-state index contributed by atoms with van der Waals surface area (Å²) in [7, 11) is 0. The highest BCUT2D eigenvalue weighted by molar-refractivity contribution is 6.43. The topological polar surface area (TPSA) is 92.5 Å². The minimum absolute atomic E-state index is 0.000162. The Hall–Kier alpha value is -1.37. The molecule has 1 aromatic carbocycles. The van der Waals surface area contributed by atoms with Gasteiger partial charge in [0.05, 0.1) is 21.6 Å². The molecule has 0 heterocycles. The minimum atomic E-state index is -0.891. The molecule has 1 aromatic rings. The van der Waals surface area contributed by atoms with Crippen LogP contribution in [0.5, 0.6) is 0 Å². The van der Waals surface area contributed by atoms with Gasteiger partial charge >= 0.3 is 0 Å². The second-order valence-electron chi connectivity index (χ2n) is 4.90. The van der Waals surface area contributed by atoms with Gasteiger partial charge in [0.2, 0.25) is 0 Å². The quantitative estimate of drug-likeness (QED) is 0.659. The fourth-order valence-corrected chi connectivity index (χ4v) is 1.70. The Balaban J connectivity index is 3.15. The Morgan fingerprint density at radius 3 is 2.45 bits per heavy atom. The van der Waals surface area contributed by atoms with Crippen molar-refractivity contribution in [2.45, 2.75) is 32.4 Å². The highest BCUT2D eigenvalue weighted by Crippen LogP contribution is 2.33. The zero-order valence-corrected chi connectivity index (χ0v) is 12.6. The van der Waals surface area contributed by atoms with E-state index < -0.39 is 28.2 Å². The standard InChI is InChI=1S/C12H14Cl2N2O4/c1-6(17)12(2,3)15-11(18)7-4-8(13)10(14)9(5-7)16(19)20/h4-6,17H,1-3H3,(H,15,18). The van der Waals surface area contributed by atoms with Gasteiger partial charge in [0.1, 0.15) is 5.02 Å². The van der Waals surface area contributed by atoms with Crippen molar-refractivity contribution in [3.05, 3.63) is 37.9 Å². The number of amides is 1. The molecule has 1 unspecified atom stereocenters. The number of rotatable bonds is 4. The van der Waals surface area contributed by atoms with Crippen molar-refractivity contribution in [1.82, 2.24) is 5.32 Å². The normalized spacial score (nSPS) is 12.9. The lowest BCUT2D eigenvalue weighted by atomic mass is 9.98. The molecule has 0 bridgehead atoms. The second-order valence-corrected chi connectivity index (χ2v) is 5.69. The number of hydrogen-bond donors (Lipinski definition) is 2. The van der Waals surface area contributed by atoms with Crippen LogP contribution in [-0.4, -0.2) is 27.6 Å². The number of aliphatic hydroxyl groups excluding tert-OH is 1. The van der Waals surface area contributed by atoms with E-state index in [1.54, 1.807) is 13.8 Å². The van der Waals surface area contributed by atoms with Gasteiger partial charge in [-0.25, -0.2) is 0 Å². The second kappa shape index (κ2) is 5.95. The molecule has 0 saturated heterocycles. The molecular weight excluding hydrogens is 307 g/mol.